The predicted molar refractivity (Wildman–Crippen MR) is 67.7 cm³/mol. The van der Waals surface area contributed by atoms with Crippen molar-refractivity contribution in [2.75, 3.05) is 6.54 Å². The molecule has 0 aliphatic heterocycles. The zero-order valence-electron chi connectivity index (χ0n) is 9.93. The first-order chi connectivity index (χ1) is 8.80. The van der Waals surface area contributed by atoms with Crippen molar-refractivity contribution >= 4 is 21.9 Å². The molecule has 0 radical (unpaired) electrons. The highest BCUT2D eigenvalue weighted by molar-refractivity contribution is 9.10. The maximum atomic E-state index is 12.5. The van der Waals surface area contributed by atoms with Crippen LogP contribution in [0.25, 0.3) is 0 Å². The van der Waals surface area contributed by atoms with Gasteiger partial charge in [-0.15, -0.1) is 0 Å². The van der Waals surface area contributed by atoms with Crippen LogP contribution in [0.1, 0.15) is 24.0 Å². The van der Waals surface area contributed by atoms with Gasteiger partial charge in [-0.25, -0.2) is 0 Å². The summed E-state index contributed by atoms with van der Waals surface area (Å²) in [6.45, 7) is 0.694. The topological polar surface area (TPSA) is 49.3 Å². The minimum Gasteiger partial charge on any atom is -0.481 e. The van der Waals surface area contributed by atoms with E-state index in [0.29, 0.717) is 23.0 Å². The van der Waals surface area contributed by atoms with E-state index in [2.05, 4.69) is 21.2 Å². The van der Waals surface area contributed by atoms with Gasteiger partial charge in [-0.05, 0) is 36.7 Å². The molecule has 0 atom stereocenters. The van der Waals surface area contributed by atoms with Gasteiger partial charge in [-0.3, -0.25) is 4.79 Å². The molecule has 0 aliphatic carbocycles. The van der Waals surface area contributed by atoms with Gasteiger partial charge in [0.25, 0.3) is 0 Å². The third-order valence-corrected chi connectivity index (χ3v) is 3.21. The van der Waals surface area contributed by atoms with E-state index in [1.165, 1.54) is 6.07 Å². The molecule has 3 nitrogen and oxygen atoms in total. The molecule has 0 spiro atoms. The second-order valence-electron chi connectivity index (χ2n) is 3.98. The molecular weight excluding hydrogens is 327 g/mol. The number of halogens is 4. The number of rotatable bonds is 6. The van der Waals surface area contributed by atoms with Crippen molar-refractivity contribution in [2.24, 2.45) is 0 Å². The first-order valence-corrected chi connectivity index (χ1v) is 6.38. The molecule has 0 amide bonds. The van der Waals surface area contributed by atoms with Gasteiger partial charge in [0, 0.05) is 17.4 Å². The van der Waals surface area contributed by atoms with Crippen molar-refractivity contribution in [3.05, 3.63) is 33.8 Å². The average molecular weight is 340 g/mol. The van der Waals surface area contributed by atoms with Gasteiger partial charge < -0.3 is 10.4 Å². The zero-order valence-corrected chi connectivity index (χ0v) is 11.5. The van der Waals surface area contributed by atoms with Crippen LogP contribution in [0.3, 0.4) is 0 Å². The van der Waals surface area contributed by atoms with Crippen LogP contribution < -0.4 is 5.32 Å². The van der Waals surface area contributed by atoms with Crippen molar-refractivity contribution in [3.63, 3.8) is 0 Å². The molecule has 0 saturated carbocycles. The lowest BCUT2D eigenvalue weighted by Gasteiger charge is -2.11. The largest absolute Gasteiger partial charge is 0.481 e. The smallest absolute Gasteiger partial charge is 0.416 e. The van der Waals surface area contributed by atoms with E-state index in [1.54, 1.807) is 0 Å². The molecule has 19 heavy (non-hydrogen) atoms. The first-order valence-electron chi connectivity index (χ1n) is 5.59. The molecule has 0 aromatic heterocycles. The summed E-state index contributed by atoms with van der Waals surface area (Å²) in [5, 5.41) is 11.4. The Kier molecular flexibility index (Phi) is 5.81. The van der Waals surface area contributed by atoms with Crippen LogP contribution in [0.2, 0.25) is 0 Å². The summed E-state index contributed by atoms with van der Waals surface area (Å²) in [4.78, 5) is 10.3. The Balaban J connectivity index is 2.55. The summed E-state index contributed by atoms with van der Waals surface area (Å²) >= 11 is 3.19. The van der Waals surface area contributed by atoms with Crippen LogP contribution in [-0.2, 0) is 17.5 Å². The molecule has 1 aromatic carbocycles. The number of alkyl halides is 3. The molecule has 0 bridgehead atoms. The fourth-order valence-electron chi connectivity index (χ4n) is 1.47. The molecule has 1 aromatic rings. The summed E-state index contributed by atoms with van der Waals surface area (Å²) in [6.07, 6.45) is -3.89. The Labute approximate surface area is 116 Å². The lowest BCUT2D eigenvalue weighted by Crippen LogP contribution is -2.16. The molecule has 7 heteroatoms. The fraction of sp³-hybridized carbons (Fsp3) is 0.417. The highest BCUT2D eigenvalue weighted by Crippen LogP contribution is 2.31. The van der Waals surface area contributed by atoms with Crippen LogP contribution in [0, 0.1) is 0 Å². The number of aliphatic carboxylic acids is 1. The number of hydrogen-bond acceptors (Lipinski definition) is 2. The van der Waals surface area contributed by atoms with E-state index >= 15 is 0 Å². The maximum absolute atomic E-state index is 12.5. The second-order valence-corrected chi connectivity index (χ2v) is 4.83. The van der Waals surface area contributed by atoms with Crippen LogP contribution in [0.15, 0.2) is 22.7 Å². The van der Waals surface area contributed by atoms with Crippen molar-refractivity contribution in [2.45, 2.75) is 25.6 Å². The van der Waals surface area contributed by atoms with Gasteiger partial charge >= 0.3 is 12.1 Å². The van der Waals surface area contributed by atoms with E-state index in [4.69, 9.17) is 5.11 Å². The summed E-state index contributed by atoms with van der Waals surface area (Å²) < 4.78 is 38.2. The van der Waals surface area contributed by atoms with Crippen LogP contribution in [0.4, 0.5) is 13.2 Å². The number of nitrogens with one attached hydrogen (secondary N) is 1. The number of benzene rings is 1. The molecule has 0 heterocycles. The minimum absolute atomic E-state index is 0.0385. The van der Waals surface area contributed by atoms with E-state index < -0.39 is 17.7 Å². The normalized spacial score (nSPS) is 11.6. The highest BCUT2D eigenvalue weighted by atomic mass is 79.9. The van der Waals surface area contributed by atoms with Crippen molar-refractivity contribution < 1.29 is 23.1 Å². The molecule has 2 N–H and O–H groups in total. The van der Waals surface area contributed by atoms with E-state index in [-0.39, 0.29) is 13.0 Å². The minimum atomic E-state index is -4.36. The molecule has 1 rings (SSSR count). The van der Waals surface area contributed by atoms with Gasteiger partial charge in [0.1, 0.15) is 0 Å². The fourth-order valence-corrected chi connectivity index (χ4v) is 1.86. The van der Waals surface area contributed by atoms with Crippen molar-refractivity contribution in [3.8, 4) is 0 Å². The van der Waals surface area contributed by atoms with E-state index in [0.717, 1.165) is 12.1 Å². The number of carboxylic acid groups (broad SMARTS) is 1. The summed E-state index contributed by atoms with van der Waals surface area (Å²) in [5.74, 6) is -0.887. The molecular formula is C12H13BrF3NO2. The molecule has 0 unspecified atom stereocenters. The van der Waals surface area contributed by atoms with Crippen molar-refractivity contribution in [1.29, 1.82) is 0 Å². The predicted octanol–water partition coefficient (Wildman–Crippen LogP) is 3.42. The van der Waals surface area contributed by atoms with Crippen molar-refractivity contribution in [1.82, 2.24) is 5.32 Å². The Morgan fingerprint density at radius 2 is 2.05 bits per heavy atom. The monoisotopic (exact) mass is 339 g/mol. The Morgan fingerprint density at radius 3 is 2.63 bits per heavy atom. The van der Waals surface area contributed by atoms with Gasteiger partial charge in [0.05, 0.1) is 5.56 Å². The summed E-state index contributed by atoms with van der Waals surface area (Å²) in [6, 6.07) is 3.45. The lowest BCUT2D eigenvalue weighted by atomic mass is 10.1. The van der Waals surface area contributed by atoms with Gasteiger partial charge in [-0.2, -0.15) is 13.2 Å². The Bertz CT molecular complexity index is 449. The number of carbonyl (C=O) groups is 1. The highest BCUT2D eigenvalue weighted by Gasteiger charge is 2.30. The van der Waals surface area contributed by atoms with E-state index in [9.17, 15) is 18.0 Å². The Morgan fingerprint density at radius 1 is 1.37 bits per heavy atom. The summed E-state index contributed by atoms with van der Waals surface area (Å²) in [7, 11) is 0. The lowest BCUT2D eigenvalue weighted by molar-refractivity contribution is -0.138. The Hall–Kier alpha value is -1.08. The van der Waals surface area contributed by atoms with E-state index in [1.807, 2.05) is 0 Å². The molecule has 0 fully saturated rings. The first kappa shape index (κ1) is 16.0. The van der Waals surface area contributed by atoms with Crippen LogP contribution in [0.5, 0.6) is 0 Å². The average Bonchev–Trinajstić information content (AvgIpc) is 2.29. The van der Waals surface area contributed by atoms with Gasteiger partial charge in [0.15, 0.2) is 0 Å². The maximum Gasteiger partial charge on any atom is 0.416 e. The van der Waals surface area contributed by atoms with Crippen LogP contribution >= 0.6 is 15.9 Å². The third-order valence-electron chi connectivity index (χ3n) is 2.43. The van der Waals surface area contributed by atoms with Gasteiger partial charge in [0.2, 0.25) is 0 Å². The molecule has 0 aliphatic rings. The SMILES string of the molecule is O=C(O)CCCNCc1cc(C(F)(F)F)ccc1Br. The quantitative estimate of drug-likeness (QED) is 0.780. The summed E-state index contributed by atoms with van der Waals surface area (Å²) in [5.41, 5.74) is -0.205. The third kappa shape index (κ3) is 5.61. The number of carboxylic acids is 1. The van der Waals surface area contributed by atoms with Crippen LogP contribution in [-0.4, -0.2) is 17.6 Å². The molecule has 0 saturated heterocycles. The standard InChI is InChI=1S/C12H13BrF3NO2/c13-10-4-3-9(12(14,15)16)6-8(10)7-17-5-1-2-11(18)19/h3-4,6,17H,1-2,5,7H2,(H,18,19). The zero-order chi connectivity index (χ0) is 14.5. The second kappa shape index (κ2) is 6.91. The van der Waals surface area contributed by atoms with Gasteiger partial charge in [-0.1, -0.05) is 15.9 Å². The number of hydrogen-bond donors (Lipinski definition) is 2. The molecule has 106 valence electrons.